The van der Waals surface area contributed by atoms with Crippen molar-refractivity contribution in [1.29, 1.82) is 0 Å². The maximum Gasteiger partial charge on any atom is 0.319 e. The molecule has 9 heteroatoms. The Morgan fingerprint density at radius 2 is 1.70 bits per heavy atom. The second-order valence-corrected chi connectivity index (χ2v) is 7.56. The Balaban J connectivity index is 2.10. The first kappa shape index (κ1) is 18.7. The molecular formula is C18H20N4O4S. The molecule has 8 nitrogen and oxygen atoms in total. The number of benzene rings is 2. The molecular weight excluding hydrogens is 368 g/mol. The van der Waals surface area contributed by atoms with E-state index in [1.165, 1.54) is 20.4 Å². The zero-order valence-electron chi connectivity index (χ0n) is 15.4. The topological polar surface area (TPSA) is 93.6 Å². The SMILES string of the molecule is COc1ncc(NS(=O)(=O)c2cccc3c(N(C)C)cccc23)c(OC)n1. The van der Waals surface area contributed by atoms with Gasteiger partial charge >= 0.3 is 6.01 Å². The molecule has 1 aromatic heterocycles. The first-order valence-electron chi connectivity index (χ1n) is 8.04. The van der Waals surface area contributed by atoms with Crippen molar-refractivity contribution in [2.45, 2.75) is 4.90 Å². The van der Waals surface area contributed by atoms with Crippen LogP contribution in [0, 0.1) is 0 Å². The summed E-state index contributed by atoms with van der Waals surface area (Å²) in [6, 6.07) is 10.8. The fraction of sp³-hybridized carbons (Fsp3) is 0.222. The molecule has 0 aliphatic heterocycles. The molecule has 0 amide bonds. The normalized spacial score (nSPS) is 11.3. The van der Waals surface area contributed by atoms with Gasteiger partial charge < -0.3 is 14.4 Å². The third-order valence-corrected chi connectivity index (χ3v) is 5.41. The fourth-order valence-corrected chi connectivity index (χ4v) is 4.03. The predicted molar refractivity (Wildman–Crippen MR) is 104 cm³/mol. The van der Waals surface area contributed by atoms with E-state index in [-0.39, 0.29) is 22.5 Å². The largest absolute Gasteiger partial charge is 0.479 e. The summed E-state index contributed by atoms with van der Waals surface area (Å²) in [5, 5.41) is 1.45. The van der Waals surface area contributed by atoms with E-state index in [4.69, 9.17) is 9.47 Å². The second-order valence-electron chi connectivity index (χ2n) is 5.91. The van der Waals surface area contributed by atoms with Gasteiger partial charge in [-0.3, -0.25) is 4.72 Å². The lowest BCUT2D eigenvalue weighted by Gasteiger charge is -2.17. The molecule has 142 valence electrons. The Hall–Kier alpha value is -3.07. The fourth-order valence-electron chi connectivity index (χ4n) is 2.76. The van der Waals surface area contributed by atoms with Crippen LogP contribution in [0.1, 0.15) is 0 Å². The van der Waals surface area contributed by atoms with E-state index in [9.17, 15) is 8.42 Å². The van der Waals surface area contributed by atoms with Crippen molar-refractivity contribution >= 4 is 32.2 Å². The third-order valence-electron chi connectivity index (χ3n) is 3.98. The van der Waals surface area contributed by atoms with Gasteiger partial charge in [-0.1, -0.05) is 24.3 Å². The van der Waals surface area contributed by atoms with Crippen LogP contribution in [-0.2, 0) is 10.0 Å². The average Bonchev–Trinajstić information content (AvgIpc) is 2.66. The number of sulfonamides is 1. The molecule has 0 saturated carbocycles. The predicted octanol–water partition coefficient (Wildman–Crippen LogP) is 2.51. The minimum absolute atomic E-state index is 0.0691. The highest BCUT2D eigenvalue weighted by Gasteiger charge is 2.21. The highest BCUT2D eigenvalue weighted by Crippen LogP contribution is 2.32. The van der Waals surface area contributed by atoms with E-state index in [0.717, 1.165) is 11.1 Å². The first-order valence-corrected chi connectivity index (χ1v) is 9.52. The van der Waals surface area contributed by atoms with Crippen molar-refractivity contribution in [2.24, 2.45) is 0 Å². The molecule has 0 spiro atoms. The summed E-state index contributed by atoms with van der Waals surface area (Å²) in [5.74, 6) is 0.0691. The summed E-state index contributed by atoms with van der Waals surface area (Å²) in [7, 11) is 2.72. The van der Waals surface area contributed by atoms with Gasteiger partial charge in [0.15, 0.2) is 0 Å². The van der Waals surface area contributed by atoms with Crippen LogP contribution < -0.4 is 19.1 Å². The number of nitrogens with zero attached hydrogens (tertiary/aromatic N) is 3. The number of hydrogen-bond donors (Lipinski definition) is 1. The molecule has 2 aromatic carbocycles. The Kier molecular flexibility index (Phi) is 5.04. The Labute approximate surface area is 157 Å². The van der Waals surface area contributed by atoms with Crippen LogP contribution in [0.5, 0.6) is 11.9 Å². The number of rotatable bonds is 6. The molecule has 0 aliphatic rings. The van der Waals surface area contributed by atoms with Crippen LogP contribution in [-0.4, -0.2) is 46.7 Å². The maximum absolute atomic E-state index is 13.1. The number of anilines is 2. The molecule has 1 N–H and O–H groups in total. The molecule has 0 saturated heterocycles. The van der Waals surface area contributed by atoms with E-state index in [0.29, 0.717) is 5.39 Å². The van der Waals surface area contributed by atoms with Crippen LogP contribution in [0.25, 0.3) is 10.8 Å². The van der Waals surface area contributed by atoms with Crippen LogP contribution in [0.2, 0.25) is 0 Å². The van der Waals surface area contributed by atoms with Crippen molar-refractivity contribution in [3.63, 3.8) is 0 Å². The van der Waals surface area contributed by atoms with E-state index in [1.54, 1.807) is 18.2 Å². The van der Waals surface area contributed by atoms with Gasteiger partial charge in [0.2, 0.25) is 5.88 Å². The van der Waals surface area contributed by atoms with Gasteiger partial charge in [-0.05, 0) is 12.1 Å². The molecule has 0 fully saturated rings. The van der Waals surface area contributed by atoms with Gasteiger partial charge in [-0.15, -0.1) is 0 Å². The summed E-state index contributed by atoms with van der Waals surface area (Å²) >= 11 is 0. The summed E-state index contributed by atoms with van der Waals surface area (Å²) in [6.45, 7) is 0. The number of nitrogens with one attached hydrogen (secondary N) is 1. The third kappa shape index (κ3) is 3.59. The molecule has 0 atom stereocenters. The zero-order chi connectivity index (χ0) is 19.6. The minimum atomic E-state index is -3.90. The van der Waals surface area contributed by atoms with Gasteiger partial charge in [0.1, 0.15) is 5.69 Å². The molecule has 0 aliphatic carbocycles. The maximum atomic E-state index is 13.1. The highest BCUT2D eigenvalue weighted by molar-refractivity contribution is 7.93. The van der Waals surface area contributed by atoms with Crippen LogP contribution in [0.15, 0.2) is 47.5 Å². The Morgan fingerprint density at radius 1 is 1.00 bits per heavy atom. The quantitative estimate of drug-likeness (QED) is 0.693. The molecule has 27 heavy (non-hydrogen) atoms. The Morgan fingerprint density at radius 3 is 2.37 bits per heavy atom. The smallest absolute Gasteiger partial charge is 0.319 e. The number of ether oxygens (including phenoxy) is 2. The van der Waals surface area contributed by atoms with E-state index >= 15 is 0 Å². The number of fused-ring (bicyclic) bond motifs is 1. The van der Waals surface area contributed by atoms with Crippen molar-refractivity contribution in [3.8, 4) is 11.9 Å². The molecule has 0 radical (unpaired) electrons. The van der Waals surface area contributed by atoms with Gasteiger partial charge in [-0.25, -0.2) is 13.4 Å². The van der Waals surface area contributed by atoms with Gasteiger partial charge in [0.25, 0.3) is 10.0 Å². The zero-order valence-corrected chi connectivity index (χ0v) is 16.2. The summed E-state index contributed by atoms with van der Waals surface area (Å²) in [4.78, 5) is 10.0. The number of methoxy groups -OCH3 is 2. The second kappa shape index (κ2) is 7.28. The molecule has 1 heterocycles. The van der Waals surface area contributed by atoms with Crippen molar-refractivity contribution in [3.05, 3.63) is 42.6 Å². The molecule has 3 aromatic rings. The van der Waals surface area contributed by atoms with Crippen LogP contribution >= 0.6 is 0 Å². The average molecular weight is 388 g/mol. The van der Waals surface area contributed by atoms with E-state index in [1.807, 2.05) is 37.2 Å². The molecule has 3 rings (SSSR count). The van der Waals surface area contributed by atoms with E-state index < -0.39 is 10.0 Å². The van der Waals surface area contributed by atoms with Crippen LogP contribution in [0.4, 0.5) is 11.4 Å². The monoisotopic (exact) mass is 388 g/mol. The standard InChI is InChI=1S/C18H20N4O4S/c1-22(2)15-9-5-8-13-12(15)7-6-10-16(13)27(23,24)21-14-11-19-18(26-4)20-17(14)25-3/h5-11,21H,1-4H3. The van der Waals surface area contributed by atoms with Gasteiger partial charge in [0.05, 0.1) is 25.3 Å². The minimum Gasteiger partial charge on any atom is -0.479 e. The number of aromatic nitrogens is 2. The van der Waals surface area contributed by atoms with Gasteiger partial charge in [-0.2, -0.15) is 4.98 Å². The first-order chi connectivity index (χ1) is 12.9. The Bertz CT molecular complexity index is 1080. The van der Waals surface area contributed by atoms with Crippen molar-refractivity contribution in [1.82, 2.24) is 9.97 Å². The highest BCUT2D eigenvalue weighted by atomic mass is 32.2. The van der Waals surface area contributed by atoms with E-state index in [2.05, 4.69) is 14.7 Å². The lowest BCUT2D eigenvalue weighted by atomic mass is 10.1. The van der Waals surface area contributed by atoms with Crippen molar-refractivity contribution in [2.75, 3.05) is 37.9 Å². The molecule has 0 unspecified atom stereocenters. The van der Waals surface area contributed by atoms with Crippen molar-refractivity contribution < 1.29 is 17.9 Å². The van der Waals surface area contributed by atoms with Crippen LogP contribution in [0.3, 0.4) is 0 Å². The lowest BCUT2D eigenvalue weighted by molar-refractivity contribution is 0.353. The summed E-state index contributed by atoms with van der Waals surface area (Å²) < 4.78 is 38.7. The summed E-state index contributed by atoms with van der Waals surface area (Å²) in [5.41, 5.74) is 1.05. The molecule has 0 bridgehead atoms. The summed E-state index contributed by atoms with van der Waals surface area (Å²) in [6.07, 6.45) is 1.30. The van der Waals surface area contributed by atoms with Gasteiger partial charge in [0, 0.05) is 30.6 Å². The number of hydrogen-bond acceptors (Lipinski definition) is 7. The lowest BCUT2D eigenvalue weighted by Crippen LogP contribution is -2.15.